The molecule has 19 heavy (non-hydrogen) atoms. The zero-order valence-corrected chi connectivity index (χ0v) is 13.0. The van der Waals surface area contributed by atoms with Crippen molar-refractivity contribution in [2.45, 2.75) is 65.3 Å². The summed E-state index contributed by atoms with van der Waals surface area (Å²) in [6, 6.07) is 9.58. The maximum absolute atomic E-state index is 3.74. The van der Waals surface area contributed by atoms with E-state index < -0.39 is 0 Å². The van der Waals surface area contributed by atoms with Gasteiger partial charge in [0.2, 0.25) is 0 Å². The fourth-order valence-corrected chi connectivity index (χ4v) is 2.99. The number of rotatable bonds is 6. The van der Waals surface area contributed by atoms with E-state index in [1.807, 2.05) is 0 Å². The maximum Gasteiger partial charge on any atom is 0.0292 e. The first-order valence-electron chi connectivity index (χ1n) is 7.89. The van der Waals surface area contributed by atoms with E-state index in [2.05, 4.69) is 57.3 Å². The third-order valence-electron chi connectivity index (χ3n) is 5.05. The fourth-order valence-electron chi connectivity index (χ4n) is 2.99. The Balaban J connectivity index is 1.90. The van der Waals surface area contributed by atoms with Crippen LogP contribution in [0.4, 0.5) is 0 Å². The van der Waals surface area contributed by atoms with Crippen molar-refractivity contribution in [3.63, 3.8) is 0 Å². The number of hydrogen-bond donors (Lipinski definition) is 1. The molecule has 1 nitrogen and oxygen atoms in total. The molecule has 2 rings (SSSR count). The van der Waals surface area contributed by atoms with Gasteiger partial charge in [0, 0.05) is 12.6 Å². The molecule has 1 aliphatic carbocycles. The largest absolute Gasteiger partial charge is 0.310 e. The van der Waals surface area contributed by atoms with E-state index >= 15 is 0 Å². The lowest BCUT2D eigenvalue weighted by Crippen LogP contribution is -2.40. The topological polar surface area (TPSA) is 12.0 Å². The molecule has 0 aromatic heterocycles. The van der Waals surface area contributed by atoms with Crippen LogP contribution in [0, 0.1) is 5.41 Å². The van der Waals surface area contributed by atoms with E-state index in [1.54, 1.807) is 0 Å². The molecule has 106 valence electrons. The summed E-state index contributed by atoms with van der Waals surface area (Å²) in [5.74, 6) is 0.621. The van der Waals surface area contributed by atoms with Crippen LogP contribution in [0.2, 0.25) is 0 Å². The van der Waals surface area contributed by atoms with Gasteiger partial charge in [-0.1, -0.05) is 51.5 Å². The third-order valence-corrected chi connectivity index (χ3v) is 5.05. The van der Waals surface area contributed by atoms with Gasteiger partial charge < -0.3 is 5.32 Å². The molecule has 0 bridgehead atoms. The molecule has 1 aromatic carbocycles. The van der Waals surface area contributed by atoms with E-state index in [0.717, 1.165) is 0 Å². The van der Waals surface area contributed by atoms with Gasteiger partial charge in [0.15, 0.2) is 0 Å². The molecule has 0 saturated heterocycles. The van der Waals surface area contributed by atoms with Gasteiger partial charge in [0.05, 0.1) is 0 Å². The van der Waals surface area contributed by atoms with E-state index in [9.17, 15) is 0 Å². The summed E-state index contributed by atoms with van der Waals surface area (Å²) >= 11 is 0. The Hall–Kier alpha value is -0.820. The van der Waals surface area contributed by atoms with Gasteiger partial charge in [0.25, 0.3) is 0 Å². The van der Waals surface area contributed by atoms with Gasteiger partial charge in [0.1, 0.15) is 0 Å². The second-order valence-corrected chi connectivity index (χ2v) is 6.63. The predicted octanol–water partition coefficient (Wildman–Crippen LogP) is 5.04. The SMILES string of the molecule is CCC1(CNC(C)c2ccc(C(C)C)cc2)CCC1. The highest BCUT2D eigenvalue weighted by atomic mass is 14.9. The average molecular weight is 259 g/mol. The Bertz CT molecular complexity index is 381. The van der Waals surface area contributed by atoms with Gasteiger partial charge in [-0.25, -0.2) is 0 Å². The molecule has 1 fully saturated rings. The number of benzene rings is 1. The Morgan fingerprint density at radius 1 is 1.05 bits per heavy atom. The van der Waals surface area contributed by atoms with Crippen molar-refractivity contribution in [3.8, 4) is 0 Å². The van der Waals surface area contributed by atoms with Gasteiger partial charge in [-0.2, -0.15) is 0 Å². The first kappa shape index (κ1) is 14.6. The molecule has 1 saturated carbocycles. The Labute approximate surface area is 118 Å². The van der Waals surface area contributed by atoms with Crippen molar-refractivity contribution in [1.82, 2.24) is 5.32 Å². The molecular formula is C18H29N. The number of hydrogen-bond acceptors (Lipinski definition) is 1. The highest BCUT2D eigenvalue weighted by Crippen LogP contribution is 2.43. The lowest BCUT2D eigenvalue weighted by Gasteiger charge is -2.42. The summed E-state index contributed by atoms with van der Waals surface area (Å²) in [6.45, 7) is 10.3. The van der Waals surface area contributed by atoms with Crippen molar-refractivity contribution in [2.75, 3.05) is 6.54 Å². The molecule has 0 radical (unpaired) electrons. The molecule has 0 heterocycles. The van der Waals surface area contributed by atoms with Crippen LogP contribution >= 0.6 is 0 Å². The molecule has 1 heteroatoms. The second-order valence-electron chi connectivity index (χ2n) is 6.63. The molecule has 1 atom stereocenters. The van der Waals surface area contributed by atoms with Crippen molar-refractivity contribution >= 4 is 0 Å². The minimum atomic E-state index is 0.463. The quantitative estimate of drug-likeness (QED) is 0.754. The molecule has 1 aromatic rings. The summed E-state index contributed by atoms with van der Waals surface area (Å²) in [6.07, 6.45) is 5.57. The Morgan fingerprint density at radius 2 is 1.63 bits per heavy atom. The monoisotopic (exact) mass is 259 g/mol. The van der Waals surface area contributed by atoms with Crippen molar-refractivity contribution < 1.29 is 0 Å². The van der Waals surface area contributed by atoms with Gasteiger partial charge in [-0.15, -0.1) is 0 Å². The predicted molar refractivity (Wildman–Crippen MR) is 83.5 cm³/mol. The van der Waals surface area contributed by atoms with Crippen molar-refractivity contribution in [1.29, 1.82) is 0 Å². The van der Waals surface area contributed by atoms with E-state index in [-0.39, 0.29) is 0 Å². The van der Waals surface area contributed by atoms with Crippen LogP contribution in [0.5, 0.6) is 0 Å². The Kier molecular flexibility index (Phi) is 4.67. The summed E-state index contributed by atoms with van der Waals surface area (Å²) < 4.78 is 0. The van der Waals surface area contributed by atoms with Crippen molar-refractivity contribution in [3.05, 3.63) is 35.4 Å². The Morgan fingerprint density at radius 3 is 2.05 bits per heavy atom. The molecule has 1 unspecified atom stereocenters. The summed E-state index contributed by atoms with van der Waals surface area (Å²) in [4.78, 5) is 0. The summed E-state index contributed by atoms with van der Waals surface area (Å²) in [5.41, 5.74) is 3.45. The van der Waals surface area contributed by atoms with Crippen LogP contribution in [-0.4, -0.2) is 6.54 Å². The lowest BCUT2D eigenvalue weighted by molar-refractivity contribution is 0.120. The maximum atomic E-state index is 3.74. The van der Waals surface area contributed by atoms with Crippen molar-refractivity contribution in [2.24, 2.45) is 5.41 Å². The van der Waals surface area contributed by atoms with E-state index in [0.29, 0.717) is 17.4 Å². The lowest BCUT2D eigenvalue weighted by atomic mass is 9.67. The molecule has 0 spiro atoms. The minimum absolute atomic E-state index is 0.463. The fraction of sp³-hybridized carbons (Fsp3) is 0.667. The normalized spacial score (nSPS) is 19.2. The summed E-state index contributed by atoms with van der Waals surface area (Å²) in [5, 5.41) is 3.74. The molecule has 1 aliphatic rings. The second kappa shape index (κ2) is 6.09. The van der Waals surface area contributed by atoms with Gasteiger partial charge in [-0.3, -0.25) is 0 Å². The molecule has 0 aliphatic heterocycles. The third kappa shape index (κ3) is 3.39. The van der Waals surface area contributed by atoms with Gasteiger partial charge in [-0.05, 0) is 48.6 Å². The molecule has 1 N–H and O–H groups in total. The van der Waals surface area contributed by atoms with Crippen LogP contribution in [0.15, 0.2) is 24.3 Å². The molecule has 0 amide bonds. The van der Waals surface area contributed by atoms with Crippen LogP contribution in [-0.2, 0) is 0 Å². The first-order valence-corrected chi connectivity index (χ1v) is 7.89. The average Bonchev–Trinajstić information content (AvgIpc) is 2.38. The highest BCUT2D eigenvalue weighted by molar-refractivity contribution is 5.26. The minimum Gasteiger partial charge on any atom is -0.310 e. The van der Waals surface area contributed by atoms with E-state index in [4.69, 9.17) is 0 Å². The summed E-state index contributed by atoms with van der Waals surface area (Å²) in [7, 11) is 0. The highest BCUT2D eigenvalue weighted by Gasteiger charge is 2.34. The number of nitrogens with one attached hydrogen (secondary N) is 1. The smallest absolute Gasteiger partial charge is 0.0292 e. The van der Waals surface area contributed by atoms with Crippen LogP contribution < -0.4 is 5.32 Å². The van der Waals surface area contributed by atoms with Crippen LogP contribution in [0.3, 0.4) is 0 Å². The molecular weight excluding hydrogens is 230 g/mol. The standard InChI is InChI=1S/C18H29N/c1-5-18(11-6-12-18)13-19-15(4)17-9-7-16(8-10-17)14(2)3/h7-10,14-15,19H,5-6,11-13H2,1-4H3. The first-order chi connectivity index (χ1) is 9.06. The van der Waals surface area contributed by atoms with Gasteiger partial charge >= 0.3 is 0 Å². The van der Waals surface area contributed by atoms with Crippen LogP contribution in [0.25, 0.3) is 0 Å². The van der Waals surface area contributed by atoms with Crippen LogP contribution in [0.1, 0.15) is 76.5 Å². The zero-order chi connectivity index (χ0) is 13.9. The van der Waals surface area contributed by atoms with E-state index in [1.165, 1.54) is 43.4 Å². The zero-order valence-electron chi connectivity index (χ0n) is 13.0.